The molecular weight excluding hydrogens is 234 g/mol. The minimum absolute atomic E-state index is 0.647. The van der Waals surface area contributed by atoms with Crippen molar-refractivity contribution in [2.24, 2.45) is 5.92 Å². The summed E-state index contributed by atoms with van der Waals surface area (Å²) in [6.45, 7) is 2.36. The zero-order valence-corrected chi connectivity index (χ0v) is 11.4. The highest BCUT2D eigenvalue weighted by atomic mass is 14.9. The van der Waals surface area contributed by atoms with Gasteiger partial charge < -0.3 is 10.3 Å². The molecule has 3 rings (SSSR count). The Hall–Kier alpha value is -1.77. The van der Waals surface area contributed by atoms with E-state index in [1.54, 1.807) is 6.33 Å². The Morgan fingerprint density at radius 2 is 1.84 bits per heavy atom. The molecule has 1 fully saturated rings. The van der Waals surface area contributed by atoms with Crippen molar-refractivity contribution in [2.45, 2.75) is 38.6 Å². The third kappa shape index (κ3) is 2.98. The van der Waals surface area contributed by atoms with Crippen molar-refractivity contribution in [1.29, 1.82) is 0 Å². The average Bonchev–Trinajstić information content (AvgIpc) is 2.96. The van der Waals surface area contributed by atoms with E-state index in [0.717, 1.165) is 11.6 Å². The van der Waals surface area contributed by atoms with Gasteiger partial charge in [-0.05, 0) is 49.3 Å². The van der Waals surface area contributed by atoms with Crippen molar-refractivity contribution in [1.82, 2.24) is 9.97 Å². The molecule has 0 radical (unpaired) electrons. The molecule has 0 atom stereocenters. The maximum Gasteiger partial charge on any atom is 0.0924 e. The molecule has 0 aliphatic heterocycles. The highest BCUT2D eigenvalue weighted by Gasteiger charge is 2.17. The monoisotopic (exact) mass is 255 g/mol. The molecule has 2 aromatic rings. The third-order valence-electron chi connectivity index (χ3n) is 4.08. The Morgan fingerprint density at radius 1 is 1.11 bits per heavy atom. The van der Waals surface area contributed by atoms with E-state index in [-0.39, 0.29) is 0 Å². The van der Waals surface area contributed by atoms with Gasteiger partial charge in [0, 0.05) is 11.7 Å². The maximum absolute atomic E-state index is 4.05. The standard InChI is InChI=1S/C16H21N3/c1-12-2-6-14(7-3-12)19-15-8-4-13(5-9-15)16-10-17-11-18-16/h4-5,8-12,14,19H,2-3,6-7H2,1H3,(H,17,18). The summed E-state index contributed by atoms with van der Waals surface area (Å²) in [6.07, 6.45) is 8.86. The lowest BCUT2D eigenvalue weighted by Gasteiger charge is -2.27. The summed E-state index contributed by atoms with van der Waals surface area (Å²) in [7, 11) is 0. The van der Waals surface area contributed by atoms with E-state index in [2.05, 4.69) is 46.5 Å². The summed E-state index contributed by atoms with van der Waals surface area (Å²) in [4.78, 5) is 7.18. The molecule has 1 aromatic heterocycles. The second-order valence-corrected chi connectivity index (χ2v) is 5.64. The molecule has 0 unspecified atom stereocenters. The topological polar surface area (TPSA) is 40.7 Å². The molecule has 100 valence electrons. The van der Waals surface area contributed by atoms with E-state index in [9.17, 15) is 0 Å². The number of nitrogens with zero attached hydrogens (tertiary/aromatic N) is 1. The molecule has 1 aliphatic carbocycles. The summed E-state index contributed by atoms with van der Waals surface area (Å²) >= 11 is 0. The maximum atomic E-state index is 4.05. The summed E-state index contributed by atoms with van der Waals surface area (Å²) < 4.78 is 0. The van der Waals surface area contributed by atoms with Gasteiger partial charge in [-0.2, -0.15) is 0 Å². The molecule has 0 bridgehead atoms. The molecule has 0 spiro atoms. The second-order valence-electron chi connectivity index (χ2n) is 5.64. The first kappa shape index (κ1) is 12.3. The molecule has 1 aliphatic rings. The van der Waals surface area contributed by atoms with Crippen molar-refractivity contribution in [3.8, 4) is 11.3 Å². The van der Waals surface area contributed by atoms with Crippen LogP contribution < -0.4 is 5.32 Å². The van der Waals surface area contributed by atoms with Gasteiger partial charge in [-0.25, -0.2) is 4.98 Å². The number of benzene rings is 1. The van der Waals surface area contributed by atoms with Crippen molar-refractivity contribution < 1.29 is 0 Å². The Morgan fingerprint density at radius 3 is 2.47 bits per heavy atom. The number of aromatic nitrogens is 2. The quantitative estimate of drug-likeness (QED) is 0.868. The fraction of sp³-hybridized carbons (Fsp3) is 0.438. The van der Waals surface area contributed by atoms with E-state index < -0.39 is 0 Å². The Balaban J connectivity index is 1.63. The number of nitrogens with one attached hydrogen (secondary N) is 2. The largest absolute Gasteiger partial charge is 0.382 e. The molecule has 1 saturated carbocycles. The number of hydrogen-bond acceptors (Lipinski definition) is 2. The van der Waals surface area contributed by atoms with E-state index >= 15 is 0 Å². The lowest BCUT2D eigenvalue weighted by Crippen LogP contribution is -2.25. The van der Waals surface area contributed by atoms with E-state index in [1.165, 1.54) is 36.9 Å². The summed E-state index contributed by atoms with van der Waals surface area (Å²) in [5, 5.41) is 3.65. The van der Waals surface area contributed by atoms with Gasteiger partial charge in [0.2, 0.25) is 0 Å². The zero-order chi connectivity index (χ0) is 13.1. The molecular formula is C16H21N3. The fourth-order valence-electron chi connectivity index (χ4n) is 2.80. The van der Waals surface area contributed by atoms with Crippen LogP contribution in [0, 0.1) is 5.92 Å². The van der Waals surface area contributed by atoms with Crippen LogP contribution in [0.4, 0.5) is 5.69 Å². The molecule has 19 heavy (non-hydrogen) atoms. The van der Waals surface area contributed by atoms with Crippen molar-refractivity contribution in [3.63, 3.8) is 0 Å². The van der Waals surface area contributed by atoms with Gasteiger partial charge in [-0.3, -0.25) is 0 Å². The molecule has 2 N–H and O–H groups in total. The Labute approximate surface area is 114 Å². The van der Waals surface area contributed by atoms with Crippen LogP contribution in [0.15, 0.2) is 36.8 Å². The first-order chi connectivity index (χ1) is 9.31. The normalized spacial score (nSPS) is 23.2. The van der Waals surface area contributed by atoms with Crippen LogP contribution >= 0.6 is 0 Å². The Bertz CT molecular complexity index is 493. The summed E-state index contributed by atoms with van der Waals surface area (Å²) in [6, 6.07) is 9.25. The number of H-pyrrole nitrogens is 1. The van der Waals surface area contributed by atoms with Crippen LogP contribution in [0.25, 0.3) is 11.3 Å². The van der Waals surface area contributed by atoms with E-state index in [4.69, 9.17) is 0 Å². The summed E-state index contributed by atoms with van der Waals surface area (Å²) in [5.74, 6) is 0.904. The van der Waals surface area contributed by atoms with Crippen molar-refractivity contribution in [3.05, 3.63) is 36.8 Å². The van der Waals surface area contributed by atoms with Crippen LogP contribution in [0.2, 0.25) is 0 Å². The first-order valence-corrected chi connectivity index (χ1v) is 7.16. The third-order valence-corrected chi connectivity index (χ3v) is 4.08. The average molecular weight is 255 g/mol. The number of aromatic amines is 1. The van der Waals surface area contributed by atoms with Crippen molar-refractivity contribution >= 4 is 5.69 Å². The SMILES string of the molecule is CC1CCC(Nc2ccc(-c3cnc[nH]3)cc2)CC1. The predicted molar refractivity (Wildman–Crippen MR) is 79.1 cm³/mol. The molecule has 0 amide bonds. The second kappa shape index (κ2) is 5.47. The van der Waals surface area contributed by atoms with Crippen LogP contribution in [0.1, 0.15) is 32.6 Å². The minimum atomic E-state index is 0.647. The van der Waals surface area contributed by atoms with E-state index in [0.29, 0.717) is 6.04 Å². The molecule has 0 saturated heterocycles. The van der Waals surface area contributed by atoms with Gasteiger partial charge >= 0.3 is 0 Å². The van der Waals surface area contributed by atoms with Crippen LogP contribution in [0.3, 0.4) is 0 Å². The number of imidazole rings is 1. The smallest absolute Gasteiger partial charge is 0.0924 e. The Kier molecular flexibility index (Phi) is 3.53. The lowest BCUT2D eigenvalue weighted by atomic mass is 9.87. The van der Waals surface area contributed by atoms with Gasteiger partial charge in [0.1, 0.15) is 0 Å². The van der Waals surface area contributed by atoms with Crippen LogP contribution in [-0.4, -0.2) is 16.0 Å². The van der Waals surface area contributed by atoms with Gasteiger partial charge in [0.05, 0.1) is 18.2 Å². The van der Waals surface area contributed by atoms with Crippen molar-refractivity contribution in [2.75, 3.05) is 5.32 Å². The molecule has 1 heterocycles. The first-order valence-electron chi connectivity index (χ1n) is 7.16. The highest BCUT2D eigenvalue weighted by molar-refractivity contribution is 5.62. The number of anilines is 1. The van der Waals surface area contributed by atoms with Gasteiger partial charge in [-0.1, -0.05) is 19.1 Å². The van der Waals surface area contributed by atoms with Gasteiger partial charge in [-0.15, -0.1) is 0 Å². The molecule has 3 nitrogen and oxygen atoms in total. The zero-order valence-electron chi connectivity index (χ0n) is 11.4. The van der Waals surface area contributed by atoms with Crippen LogP contribution in [0.5, 0.6) is 0 Å². The fourth-order valence-corrected chi connectivity index (χ4v) is 2.80. The highest BCUT2D eigenvalue weighted by Crippen LogP contribution is 2.26. The van der Waals surface area contributed by atoms with Gasteiger partial charge in [0.15, 0.2) is 0 Å². The van der Waals surface area contributed by atoms with Gasteiger partial charge in [0.25, 0.3) is 0 Å². The number of rotatable bonds is 3. The molecule has 3 heteroatoms. The van der Waals surface area contributed by atoms with Crippen LogP contribution in [-0.2, 0) is 0 Å². The molecule has 1 aromatic carbocycles. The number of hydrogen-bond donors (Lipinski definition) is 2. The minimum Gasteiger partial charge on any atom is -0.382 e. The lowest BCUT2D eigenvalue weighted by molar-refractivity contribution is 0.361. The predicted octanol–water partition coefficient (Wildman–Crippen LogP) is 4.07. The summed E-state index contributed by atoms with van der Waals surface area (Å²) in [5.41, 5.74) is 3.47. The van der Waals surface area contributed by atoms with E-state index in [1.807, 2.05) is 6.20 Å².